The largest absolute Gasteiger partial charge is 0.453 e. The summed E-state index contributed by atoms with van der Waals surface area (Å²) in [7, 11) is -6.69. The van der Waals surface area contributed by atoms with Crippen LogP contribution in [0.2, 0.25) is 0 Å². The van der Waals surface area contributed by atoms with Gasteiger partial charge in [0.05, 0.1) is 22.1 Å². The number of para-hydroxylation sites is 4. The molecule has 0 saturated carbocycles. The Bertz CT molecular complexity index is 3790. The summed E-state index contributed by atoms with van der Waals surface area (Å²) in [6.07, 6.45) is 0. The lowest BCUT2D eigenvalue weighted by Gasteiger charge is -2.40. The number of fused-ring (bicyclic) bond motifs is 8. The maximum atomic E-state index is 16.2. The van der Waals surface area contributed by atoms with E-state index in [-0.39, 0.29) is 0 Å². The molecule has 68 heavy (non-hydrogen) atoms. The highest BCUT2D eigenvalue weighted by Crippen LogP contribution is 2.54. The van der Waals surface area contributed by atoms with Gasteiger partial charge < -0.3 is 27.1 Å². The fraction of sp³-hybridized carbons (Fsp3) is 0.100. The third kappa shape index (κ3) is 5.59. The first-order valence-electron chi connectivity index (χ1n) is 23.1. The van der Waals surface area contributed by atoms with Crippen molar-refractivity contribution >= 4 is 90.5 Å². The van der Waals surface area contributed by atoms with E-state index < -0.39 is 25.1 Å². The second-order valence-electron chi connectivity index (χ2n) is 19.2. The van der Waals surface area contributed by atoms with Crippen molar-refractivity contribution in [1.29, 1.82) is 0 Å². The smallest absolute Gasteiger partial charge is 0.171 e. The second-order valence-corrected chi connectivity index (χ2v) is 24.6. The molecule has 13 rings (SSSR count). The summed E-state index contributed by atoms with van der Waals surface area (Å²) in [6, 6.07) is 69.5. The van der Waals surface area contributed by atoms with Crippen LogP contribution in [0.1, 0.15) is 49.9 Å². The summed E-state index contributed by atoms with van der Waals surface area (Å²) in [5.74, 6) is 0. The molecule has 2 aromatic heterocycles. The topological polar surface area (TPSA) is 70.3 Å². The van der Waals surface area contributed by atoms with Crippen LogP contribution >= 0.6 is 14.3 Å². The Morgan fingerprint density at radius 1 is 0.338 bits per heavy atom. The van der Waals surface area contributed by atoms with Gasteiger partial charge in [0.15, 0.2) is 36.6 Å². The molecule has 9 aromatic carbocycles. The summed E-state index contributed by atoms with van der Waals surface area (Å²) in [4.78, 5) is 0. The molecule has 4 heterocycles. The first-order chi connectivity index (χ1) is 33.0. The standard InChI is InChI=1S/C60H46N2O4P2/c1-59(2)43-23-11-17-29-55(43)67(63,41-19-7-5-8-20-41)57-35-39(31-33-45(57)59)61-47-25-13-15-27-51(47)65-53-38-50-54(37-49(53)61)66-52-28-16-14-26-48(52)62(50)40-32-34-46-58(36-40)68(64,42-21-9-6-10-22-42)56-30-18-12-24-44(56)60(46,3)4/h5-38H,1-4H3. The first kappa shape index (κ1) is 40.9. The van der Waals surface area contributed by atoms with Gasteiger partial charge in [-0.1, -0.05) is 173 Å². The predicted octanol–water partition coefficient (Wildman–Crippen LogP) is 12.7. The van der Waals surface area contributed by atoms with E-state index in [2.05, 4.69) is 122 Å². The van der Waals surface area contributed by atoms with Gasteiger partial charge >= 0.3 is 0 Å². The zero-order valence-corrected chi connectivity index (χ0v) is 39.8. The fourth-order valence-electron chi connectivity index (χ4n) is 11.4. The molecular formula is C60H46N2O4P2. The predicted molar refractivity (Wildman–Crippen MR) is 280 cm³/mol. The Hall–Kier alpha value is -7.36. The molecule has 0 N–H and O–H groups in total. The number of hydrogen-bond acceptors (Lipinski definition) is 4. The molecule has 2 aliphatic heterocycles. The third-order valence-corrected chi connectivity index (χ3v) is 21.0. The van der Waals surface area contributed by atoms with Gasteiger partial charge in [0.2, 0.25) is 0 Å². The van der Waals surface area contributed by atoms with Crippen LogP contribution in [0, 0.1) is 0 Å². The second kappa shape index (κ2) is 14.6. The van der Waals surface area contributed by atoms with E-state index in [0.717, 1.165) is 87.5 Å². The number of rotatable bonds is 4. The van der Waals surface area contributed by atoms with Crippen molar-refractivity contribution in [1.82, 2.24) is 9.13 Å². The molecule has 11 aromatic rings. The van der Waals surface area contributed by atoms with E-state index in [1.165, 1.54) is 0 Å². The van der Waals surface area contributed by atoms with Crippen LogP contribution < -0.4 is 31.8 Å². The summed E-state index contributed by atoms with van der Waals surface area (Å²) >= 11 is 0. The molecule has 2 unspecified atom stereocenters. The van der Waals surface area contributed by atoms with Crippen molar-refractivity contribution in [3.05, 3.63) is 229 Å². The molecule has 2 aliphatic rings. The molecule has 0 radical (unpaired) electrons. The van der Waals surface area contributed by atoms with Crippen molar-refractivity contribution in [3.63, 3.8) is 0 Å². The van der Waals surface area contributed by atoms with Crippen LogP contribution in [0.15, 0.2) is 215 Å². The molecule has 0 saturated heterocycles. The van der Waals surface area contributed by atoms with Gasteiger partial charge in [0.1, 0.15) is 0 Å². The van der Waals surface area contributed by atoms with E-state index in [1.54, 1.807) is 0 Å². The summed E-state index contributed by atoms with van der Waals surface area (Å²) in [6.45, 7) is 8.92. The number of nitrogens with zero attached hydrogens (tertiary/aromatic N) is 2. The minimum Gasteiger partial charge on any atom is -0.453 e. The lowest BCUT2D eigenvalue weighted by atomic mass is 9.77. The van der Waals surface area contributed by atoms with E-state index in [4.69, 9.17) is 8.83 Å². The van der Waals surface area contributed by atoms with E-state index in [0.29, 0.717) is 22.3 Å². The monoisotopic (exact) mass is 920 g/mol. The highest BCUT2D eigenvalue weighted by Gasteiger charge is 2.46. The van der Waals surface area contributed by atoms with Crippen molar-refractivity contribution in [2.75, 3.05) is 0 Å². The summed E-state index contributed by atoms with van der Waals surface area (Å²) in [5.41, 5.74) is 11.1. The lowest BCUT2D eigenvalue weighted by molar-refractivity contribution is 0.585. The van der Waals surface area contributed by atoms with E-state index in [9.17, 15) is 0 Å². The molecular weight excluding hydrogens is 875 g/mol. The minimum absolute atomic E-state index is 0.400. The average molecular weight is 921 g/mol. The number of benzene rings is 9. The van der Waals surface area contributed by atoms with Gasteiger partial charge in [-0.15, -0.1) is 0 Å². The number of aromatic nitrogens is 2. The molecule has 0 fully saturated rings. The third-order valence-electron chi connectivity index (χ3n) is 14.8. The lowest BCUT2D eigenvalue weighted by Crippen LogP contribution is -2.42. The molecule has 0 spiro atoms. The minimum atomic E-state index is -3.34. The van der Waals surface area contributed by atoms with Gasteiger partial charge in [-0.3, -0.25) is 0 Å². The van der Waals surface area contributed by atoms with Gasteiger partial charge in [-0.2, -0.15) is 0 Å². The maximum absolute atomic E-state index is 16.2. The van der Waals surface area contributed by atoms with Crippen LogP contribution in [0.5, 0.6) is 0 Å². The Kier molecular flexibility index (Phi) is 8.76. The van der Waals surface area contributed by atoms with Crippen LogP contribution in [0.25, 0.3) is 55.8 Å². The van der Waals surface area contributed by atoms with Gasteiger partial charge in [-0.05, 0) is 70.8 Å². The average Bonchev–Trinajstić information content (AvgIpc) is 3.38. The van der Waals surface area contributed by atoms with E-state index in [1.807, 2.05) is 121 Å². The highest BCUT2D eigenvalue weighted by atomic mass is 31.2. The molecule has 2 atom stereocenters. The molecule has 8 heteroatoms. The summed E-state index contributed by atoms with van der Waals surface area (Å²) < 4.78 is 50.6. The Balaban J connectivity index is 1.08. The SMILES string of the molecule is CC1(C)c2ccccc2P(=O)(c2ccccc2)c2cc(-n3c4ccccc4oc4cc5c(cc43)oc3ccccc3n5-c3ccc4c(c3)P(=O)(c3ccccc3)c3ccccc3C4(C)C)ccc21. The Morgan fingerprint density at radius 2 is 0.691 bits per heavy atom. The van der Waals surface area contributed by atoms with Gasteiger partial charge in [-0.25, -0.2) is 0 Å². The molecule has 330 valence electrons. The van der Waals surface area contributed by atoms with Gasteiger partial charge in [0.25, 0.3) is 0 Å². The van der Waals surface area contributed by atoms with Crippen molar-refractivity contribution < 1.29 is 18.0 Å². The van der Waals surface area contributed by atoms with Crippen molar-refractivity contribution in [3.8, 4) is 11.4 Å². The van der Waals surface area contributed by atoms with E-state index >= 15 is 9.13 Å². The quantitative estimate of drug-likeness (QED) is 0.130. The van der Waals surface area contributed by atoms with Crippen molar-refractivity contribution in [2.24, 2.45) is 0 Å². The van der Waals surface area contributed by atoms with Crippen molar-refractivity contribution in [2.45, 2.75) is 38.5 Å². The van der Waals surface area contributed by atoms with Crippen LogP contribution in [-0.4, -0.2) is 9.13 Å². The Labute approximate surface area is 394 Å². The molecule has 0 aliphatic carbocycles. The number of hydrogen-bond donors (Lipinski definition) is 0. The molecule has 0 bridgehead atoms. The maximum Gasteiger partial charge on any atom is 0.171 e. The Morgan fingerprint density at radius 3 is 1.12 bits per heavy atom. The van der Waals surface area contributed by atoms with Crippen LogP contribution in [-0.2, 0) is 20.0 Å². The normalized spacial score (nSPS) is 18.8. The zero-order chi connectivity index (χ0) is 46.2. The van der Waals surface area contributed by atoms with Gasteiger partial charge in [0, 0.05) is 66.2 Å². The molecule has 6 nitrogen and oxygen atoms in total. The van der Waals surface area contributed by atoms with Crippen LogP contribution in [0.4, 0.5) is 0 Å². The molecule has 0 amide bonds. The summed E-state index contributed by atoms with van der Waals surface area (Å²) in [5, 5.41) is 5.02. The van der Waals surface area contributed by atoms with Crippen LogP contribution in [0.3, 0.4) is 0 Å². The first-order valence-corrected chi connectivity index (χ1v) is 26.5. The fourth-order valence-corrected chi connectivity index (χ4v) is 18.2. The highest BCUT2D eigenvalue weighted by molar-refractivity contribution is 7.86. The zero-order valence-electron chi connectivity index (χ0n) is 38.1.